The Balaban J connectivity index is 1.93. The molecule has 1 heterocycles. The van der Waals surface area contributed by atoms with Gasteiger partial charge in [-0.25, -0.2) is 8.78 Å². The zero-order valence-corrected chi connectivity index (χ0v) is 12.4. The molecule has 3 nitrogen and oxygen atoms in total. The molecular weight excluding hydrogens is 284 g/mol. The van der Waals surface area contributed by atoms with Crippen LogP contribution in [-0.2, 0) is 7.05 Å². The number of aromatic nitrogens is 2. The van der Waals surface area contributed by atoms with Crippen molar-refractivity contribution in [3.63, 3.8) is 0 Å². The summed E-state index contributed by atoms with van der Waals surface area (Å²) in [6.45, 7) is 0. The largest absolute Gasteiger partial charge is 0.275 e. The second kappa shape index (κ2) is 5.53. The first-order valence-corrected chi connectivity index (χ1v) is 7.40. The fraction of sp³-hybridized carbons (Fsp3) is 0.412. The molecular formula is C17H17F2N3. The number of rotatable bonds is 2. The molecule has 3 rings (SSSR count). The SMILES string of the molecule is Cn1ccc(-c2cc(C3CCC(F)(F)CC3)ccc2C#N)n1. The highest BCUT2D eigenvalue weighted by Crippen LogP contribution is 2.41. The Morgan fingerprint density at radius 3 is 2.59 bits per heavy atom. The topological polar surface area (TPSA) is 41.6 Å². The first-order chi connectivity index (χ1) is 10.5. The van der Waals surface area contributed by atoms with Crippen LogP contribution in [0.25, 0.3) is 11.3 Å². The number of nitrogens with zero attached hydrogens (tertiary/aromatic N) is 3. The zero-order chi connectivity index (χ0) is 15.7. The van der Waals surface area contributed by atoms with Crippen molar-refractivity contribution < 1.29 is 8.78 Å². The van der Waals surface area contributed by atoms with Crippen molar-refractivity contribution in [3.05, 3.63) is 41.6 Å². The molecule has 1 saturated carbocycles. The third kappa shape index (κ3) is 2.87. The molecule has 114 valence electrons. The lowest BCUT2D eigenvalue weighted by atomic mass is 9.81. The Bertz CT molecular complexity index is 718. The Labute approximate surface area is 128 Å². The van der Waals surface area contributed by atoms with Crippen LogP contribution in [-0.4, -0.2) is 15.7 Å². The minimum Gasteiger partial charge on any atom is -0.275 e. The zero-order valence-electron chi connectivity index (χ0n) is 12.4. The third-order valence-corrected chi connectivity index (χ3v) is 4.34. The highest BCUT2D eigenvalue weighted by molar-refractivity contribution is 5.68. The van der Waals surface area contributed by atoms with Gasteiger partial charge in [0.05, 0.1) is 17.3 Å². The number of halogens is 2. The van der Waals surface area contributed by atoms with E-state index < -0.39 is 5.92 Å². The van der Waals surface area contributed by atoms with Crippen LogP contribution in [0.5, 0.6) is 0 Å². The molecule has 1 aromatic heterocycles. The molecule has 0 amide bonds. The van der Waals surface area contributed by atoms with E-state index in [2.05, 4.69) is 11.2 Å². The lowest BCUT2D eigenvalue weighted by molar-refractivity contribution is -0.0382. The predicted octanol–water partition coefficient (Wildman–Crippen LogP) is 4.25. The van der Waals surface area contributed by atoms with E-state index in [1.807, 2.05) is 31.4 Å². The summed E-state index contributed by atoms with van der Waals surface area (Å²) in [5.41, 5.74) is 3.10. The number of hydrogen-bond donors (Lipinski definition) is 0. The molecule has 2 aromatic rings. The maximum absolute atomic E-state index is 13.3. The molecule has 1 aliphatic carbocycles. The van der Waals surface area contributed by atoms with Crippen molar-refractivity contribution in [3.8, 4) is 17.3 Å². The minimum atomic E-state index is -2.52. The summed E-state index contributed by atoms with van der Waals surface area (Å²) in [5.74, 6) is -2.39. The second-order valence-electron chi connectivity index (χ2n) is 5.92. The van der Waals surface area contributed by atoms with Crippen LogP contribution in [0.2, 0.25) is 0 Å². The molecule has 0 saturated heterocycles. The van der Waals surface area contributed by atoms with Gasteiger partial charge >= 0.3 is 0 Å². The number of benzene rings is 1. The minimum absolute atomic E-state index is 0.0589. The van der Waals surface area contributed by atoms with Crippen LogP contribution in [0.3, 0.4) is 0 Å². The maximum Gasteiger partial charge on any atom is 0.248 e. The van der Waals surface area contributed by atoms with Crippen LogP contribution >= 0.6 is 0 Å². The average molecular weight is 301 g/mol. The maximum atomic E-state index is 13.3. The fourth-order valence-corrected chi connectivity index (χ4v) is 3.06. The number of alkyl halides is 2. The number of nitriles is 1. The molecule has 1 aliphatic rings. The first kappa shape index (κ1) is 14.7. The van der Waals surface area contributed by atoms with E-state index in [4.69, 9.17) is 0 Å². The summed E-state index contributed by atoms with van der Waals surface area (Å²) < 4.78 is 28.3. The normalized spacial score (nSPS) is 18.1. The van der Waals surface area contributed by atoms with Crippen molar-refractivity contribution in [1.82, 2.24) is 9.78 Å². The summed E-state index contributed by atoms with van der Waals surface area (Å²) in [4.78, 5) is 0. The van der Waals surface area contributed by atoms with E-state index in [0.717, 1.165) is 16.8 Å². The highest BCUT2D eigenvalue weighted by atomic mass is 19.3. The average Bonchev–Trinajstić information content (AvgIpc) is 2.93. The predicted molar refractivity (Wildman–Crippen MR) is 79.5 cm³/mol. The molecule has 0 unspecified atom stereocenters. The van der Waals surface area contributed by atoms with E-state index in [0.29, 0.717) is 18.4 Å². The van der Waals surface area contributed by atoms with Crippen molar-refractivity contribution in [2.24, 2.45) is 7.05 Å². The second-order valence-corrected chi connectivity index (χ2v) is 5.92. The van der Waals surface area contributed by atoms with Gasteiger partial charge in [0.2, 0.25) is 5.92 Å². The van der Waals surface area contributed by atoms with Crippen molar-refractivity contribution >= 4 is 0 Å². The van der Waals surface area contributed by atoms with Gasteiger partial charge in [0.25, 0.3) is 0 Å². The van der Waals surface area contributed by atoms with Crippen LogP contribution in [0.4, 0.5) is 8.78 Å². The van der Waals surface area contributed by atoms with Gasteiger partial charge in [-0.3, -0.25) is 4.68 Å². The molecule has 0 spiro atoms. The fourth-order valence-electron chi connectivity index (χ4n) is 3.06. The van der Waals surface area contributed by atoms with Crippen molar-refractivity contribution in [2.45, 2.75) is 37.5 Å². The lowest BCUT2D eigenvalue weighted by Crippen LogP contribution is -2.23. The van der Waals surface area contributed by atoms with E-state index in [-0.39, 0.29) is 18.8 Å². The van der Waals surface area contributed by atoms with Gasteiger partial charge in [-0.1, -0.05) is 6.07 Å². The smallest absolute Gasteiger partial charge is 0.248 e. The lowest BCUT2D eigenvalue weighted by Gasteiger charge is -2.28. The van der Waals surface area contributed by atoms with Gasteiger partial charge in [-0.05, 0) is 42.5 Å². The van der Waals surface area contributed by atoms with Gasteiger partial charge in [-0.2, -0.15) is 10.4 Å². The summed E-state index contributed by atoms with van der Waals surface area (Å²) in [6, 6.07) is 9.63. The molecule has 0 radical (unpaired) electrons. The standard InChI is InChI=1S/C17H17F2N3/c1-22-9-6-16(21-22)15-10-13(2-3-14(15)11-20)12-4-7-17(18,19)8-5-12/h2-3,6,9-10,12H,4-5,7-8H2,1H3. The molecule has 0 aliphatic heterocycles. The van der Waals surface area contributed by atoms with Crippen LogP contribution in [0, 0.1) is 11.3 Å². The van der Waals surface area contributed by atoms with Gasteiger partial charge in [0, 0.05) is 31.6 Å². The summed E-state index contributed by atoms with van der Waals surface area (Å²) >= 11 is 0. The van der Waals surface area contributed by atoms with E-state index in [1.165, 1.54) is 0 Å². The monoisotopic (exact) mass is 301 g/mol. The molecule has 1 aromatic carbocycles. The Kier molecular flexibility index (Phi) is 3.69. The summed E-state index contributed by atoms with van der Waals surface area (Å²) in [6.07, 6.45) is 2.68. The van der Waals surface area contributed by atoms with Gasteiger partial charge in [0.1, 0.15) is 0 Å². The Hall–Kier alpha value is -2.22. The van der Waals surface area contributed by atoms with Crippen LogP contribution in [0.1, 0.15) is 42.7 Å². The van der Waals surface area contributed by atoms with Crippen LogP contribution < -0.4 is 0 Å². The van der Waals surface area contributed by atoms with Gasteiger partial charge < -0.3 is 0 Å². The number of aryl methyl sites for hydroxylation is 1. The summed E-state index contributed by atoms with van der Waals surface area (Å²) in [7, 11) is 1.82. The first-order valence-electron chi connectivity index (χ1n) is 7.40. The molecule has 1 fully saturated rings. The van der Waals surface area contributed by atoms with Crippen molar-refractivity contribution in [1.29, 1.82) is 5.26 Å². The molecule has 5 heteroatoms. The van der Waals surface area contributed by atoms with Crippen molar-refractivity contribution in [2.75, 3.05) is 0 Å². The molecule has 0 bridgehead atoms. The molecule has 22 heavy (non-hydrogen) atoms. The quantitative estimate of drug-likeness (QED) is 0.832. The van der Waals surface area contributed by atoms with Crippen LogP contribution in [0.15, 0.2) is 30.5 Å². The molecule has 0 atom stereocenters. The van der Waals surface area contributed by atoms with Gasteiger partial charge in [0.15, 0.2) is 0 Å². The molecule has 0 N–H and O–H groups in total. The van der Waals surface area contributed by atoms with Gasteiger partial charge in [-0.15, -0.1) is 0 Å². The van der Waals surface area contributed by atoms with E-state index >= 15 is 0 Å². The third-order valence-electron chi connectivity index (χ3n) is 4.34. The highest BCUT2D eigenvalue weighted by Gasteiger charge is 2.35. The summed E-state index contributed by atoms with van der Waals surface area (Å²) in [5, 5.41) is 13.6. The number of hydrogen-bond acceptors (Lipinski definition) is 2. The van der Waals surface area contributed by atoms with E-state index in [9.17, 15) is 14.0 Å². The van der Waals surface area contributed by atoms with E-state index in [1.54, 1.807) is 10.7 Å². The Morgan fingerprint density at radius 1 is 1.27 bits per heavy atom. The Morgan fingerprint density at radius 2 is 2.00 bits per heavy atom.